The minimum Gasteiger partial charge on any atom is -0.504 e. The van der Waals surface area contributed by atoms with Gasteiger partial charge in [0.25, 0.3) is 0 Å². The highest BCUT2D eigenvalue weighted by Crippen LogP contribution is 2.48. The maximum atomic E-state index is 11.8. The fourth-order valence-corrected chi connectivity index (χ4v) is 2.66. The Labute approximate surface area is 152 Å². The molecule has 0 aliphatic rings. The first-order valence-electron chi connectivity index (χ1n) is 6.29. The number of hydrogen-bond acceptors (Lipinski definition) is 4. The summed E-state index contributed by atoms with van der Waals surface area (Å²) in [7, 11) is 0. The van der Waals surface area contributed by atoms with E-state index in [0.29, 0.717) is 5.56 Å². The van der Waals surface area contributed by atoms with Crippen molar-refractivity contribution < 1.29 is 9.90 Å². The molecule has 4 nitrogen and oxygen atoms in total. The predicted octanol–water partition coefficient (Wildman–Crippen LogP) is 5.41. The fraction of sp³-hybridized carbons (Fsp3) is 0.0667. The zero-order chi connectivity index (χ0) is 17.1. The normalized spacial score (nSPS) is 11.4. The summed E-state index contributed by atoms with van der Waals surface area (Å²) in [6.45, 7) is 1.37. The highest BCUT2D eigenvalue weighted by Gasteiger charge is 2.20. The van der Waals surface area contributed by atoms with Crippen LogP contribution in [-0.4, -0.2) is 16.6 Å². The number of aromatic hydroxyl groups is 1. The monoisotopic (exact) mass is 390 g/mol. The topological polar surface area (TPSA) is 61.7 Å². The third-order valence-corrected chi connectivity index (χ3v) is 4.69. The number of nitrogens with zero attached hydrogens (tertiary/aromatic N) is 1. The zero-order valence-electron chi connectivity index (χ0n) is 11.7. The lowest BCUT2D eigenvalue weighted by Gasteiger charge is -2.12. The molecule has 0 bridgehead atoms. The number of carbonyl (C=O) groups is 1. The maximum Gasteiger partial charge on any atom is 0.180 e. The number of halogens is 4. The van der Waals surface area contributed by atoms with Crippen molar-refractivity contribution in [3.8, 4) is 5.75 Å². The molecule has 0 aliphatic carbocycles. The van der Waals surface area contributed by atoms with Gasteiger partial charge in [0.05, 0.1) is 15.1 Å². The first-order valence-corrected chi connectivity index (χ1v) is 7.80. The molecule has 0 heterocycles. The Morgan fingerprint density at radius 3 is 2.13 bits per heavy atom. The number of phenols is 1. The van der Waals surface area contributed by atoms with Crippen LogP contribution < -0.4 is 5.43 Å². The summed E-state index contributed by atoms with van der Waals surface area (Å²) in [5.41, 5.74) is 3.25. The number of carbonyl (C=O) groups excluding carboxylic acids is 1. The third-order valence-electron chi connectivity index (χ3n) is 2.90. The number of hydrazone groups is 1. The highest BCUT2D eigenvalue weighted by atomic mass is 35.5. The van der Waals surface area contributed by atoms with E-state index in [1.807, 2.05) is 6.07 Å². The summed E-state index contributed by atoms with van der Waals surface area (Å²) in [6.07, 6.45) is 0. The number of benzene rings is 2. The lowest BCUT2D eigenvalue weighted by molar-refractivity contribution is -0.111. The van der Waals surface area contributed by atoms with E-state index >= 15 is 0 Å². The first kappa shape index (κ1) is 17.9. The van der Waals surface area contributed by atoms with Gasteiger partial charge in [-0.1, -0.05) is 76.7 Å². The number of phenolic OH excluding ortho intramolecular Hbond substituents is 1. The van der Waals surface area contributed by atoms with E-state index < -0.39 is 5.75 Å². The second kappa shape index (κ2) is 7.41. The van der Waals surface area contributed by atoms with E-state index in [2.05, 4.69) is 10.5 Å². The van der Waals surface area contributed by atoms with Gasteiger partial charge in [0.15, 0.2) is 11.5 Å². The van der Waals surface area contributed by atoms with E-state index in [-0.39, 0.29) is 37.3 Å². The molecule has 0 amide bonds. The Morgan fingerprint density at radius 2 is 1.57 bits per heavy atom. The molecular formula is C15H10Cl4N2O2. The van der Waals surface area contributed by atoms with Gasteiger partial charge in [0, 0.05) is 12.5 Å². The number of hydrogen-bond donors (Lipinski definition) is 2. The minimum absolute atomic E-state index is 0.0297. The average Bonchev–Trinajstić information content (AvgIpc) is 2.55. The number of rotatable bonds is 4. The summed E-state index contributed by atoms with van der Waals surface area (Å²) in [5, 5.41) is 13.7. The number of ketones is 1. The van der Waals surface area contributed by atoms with Crippen molar-refractivity contribution in [1.82, 2.24) is 0 Å². The van der Waals surface area contributed by atoms with Crippen molar-refractivity contribution in [1.29, 1.82) is 0 Å². The van der Waals surface area contributed by atoms with Gasteiger partial charge < -0.3 is 5.11 Å². The van der Waals surface area contributed by atoms with Crippen molar-refractivity contribution in [3.05, 3.63) is 56.0 Å². The summed E-state index contributed by atoms with van der Waals surface area (Å²) >= 11 is 23.7. The van der Waals surface area contributed by atoms with Crippen LogP contribution in [0, 0.1) is 0 Å². The van der Waals surface area contributed by atoms with E-state index in [0.717, 1.165) is 0 Å². The molecule has 0 spiro atoms. The molecule has 0 saturated heterocycles. The lowest BCUT2D eigenvalue weighted by atomic mass is 10.1. The van der Waals surface area contributed by atoms with Gasteiger partial charge in [-0.05, 0) is 0 Å². The van der Waals surface area contributed by atoms with Crippen LogP contribution in [0.15, 0.2) is 35.4 Å². The SMILES string of the molecule is CC(=O)C(=NNc1c(O)c(Cl)c(Cl)c(Cl)c1Cl)c1ccccc1. The van der Waals surface area contributed by atoms with Crippen molar-refractivity contribution in [2.24, 2.45) is 5.10 Å². The van der Waals surface area contributed by atoms with Crippen LogP contribution in [0.1, 0.15) is 12.5 Å². The van der Waals surface area contributed by atoms with Gasteiger partial charge in [-0.25, -0.2) is 0 Å². The highest BCUT2D eigenvalue weighted by molar-refractivity contribution is 6.53. The van der Waals surface area contributed by atoms with Gasteiger partial charge in [0.1, 0.15) is 16.4 Å². The first-order chi connectivity index (χ1) is 10.8. The molecule has 2 N–H and O–H groups in total. The molecule has 23 heavy (non-hydrogen) atoms. The quantitative estimate of drug-likeness (QED) is 0.241. The van der Waals surface area contributed by atoms with E-state index in [9.17, 15) is 9.90 Å². The Hall–Kier alpha value is -1.46. The van der Waals surface area contributed by atoms with Crippen molar-refractivity contribution in [2.75, 3.05) is 5.43 Å². The smallest absolute Gasteiger partial charge is 0.180 e. The molecular weight excluding hydrogens is 382 g/mol. The van der Waals surface area contributed by atoms with Crippen LogP contribution in [0.3, 0.4) is 0 Å². The van der Waals surface area contributed by atoms with Crippen molar-refractivity contribution in [2.45, 2.75) is 6.92 Å². The molecule has 2 aromatic carbocycles. The van der Waals surface area contributed by atoms with Crippen LogP contribution in [-0.2, 0) is 4.79 Å². The lowest BCUT2D eigenvalue weighted by Crippen LogP contribution is -2.14. The molecule has 120 valence electrons. The van der Waals surface area contributed by atoms with Gasteiger partial charge >= 0.3 is 0 Å². The van der Waals surface area contributed by atoms with Gasteiger partial charge in [0.2, 0.25) is 0 Å². The summed E-state index contributed by atoms with van der Waals surface area (Å²) in [5.74, 6) is -0.684. The Kier molecular flexibility index (Phi) is 5.76. The molecule has 2 aromatic rings. The van der Waals surface area contributed by atoms with Crippen LogP contribution in [0.2, 0.25) is 20.1 Å². The zero-order valence-corrected chi connectivity index (χ0v) is 14.7. The number of anilines is 1. The van der Waals surface area contributed by atoms with Crippen molar-refractivity contribution >= 4 is 63.6 Å². The molecule has 8 heteroatoms. The predicted molar refractivity (Wildman–Crippen MR) is 95.4 cm³/mol. The molecule has 0 unspecified atom stereocenters. The van der Waals surface area contributed by atoms with Crippen LogP contribution in [0.4, 0.5) is 5.69 Å². The van der Waals surface area contributed by atoms with Gasteiger partial charge in [-0.2, -0.15) is 5.10 Å². The van der Waals surface area contributed by atoms with E-state index in [1.54, 1.807) is 24.3 Å². The summed E-state index contributed by atoms with van der Waals surface area (Å²) in [6, 6.07) is 8.81. The molecule has 0 radical (unpaired) electrons. The van der Waals surface area contributed by atoms with Crippen LogP contribution in [0.5, 0.6) is 5.75 Å². The standard InChI is InChI=1S/C15H10Cl4N2O2/c1-7(22)13(8-5-3-2-4-6-8)20-21-14-11(18)9(16)10(17)12(19)15(14)23/h2-6,21,23H,1H3. The van der Waals surface area contributed by atoms with E-state index in [4.69, 9.17) is 46.4 Å². The second-order valence-electron chi connectivity index (χ2n) is 4.47. The molecule has 0 aromatic heterocycles. The Bertz CT molecular complexity index is 763. The molecule has 0 aliphatic heterocycles. The molecule has 0 atom stereocenters. The molecule has 0 saturated carbocycles. The van der Waals surface area contributed by atoms with E-state index in [1.165, 1.54) is 6.92 Å². The maximum absolute atomic E-state index is 11.8. The summed E-state index contributed by atoms with van der Waals surface area (Å²) in [4.78, 5) is 11.8. The Morgan fingerprint density at radius 1 is 1.00 bits per heavy atom. The number of nitrogens with one attached hydrogen (secondary N) is 1. The van der Waals surface area contributed by atoms with Crippen LogP contribution in [0.25, 0.3) is 0 Å². The minimum atomic E-state index is -0.411. The fourth-order valence-electron chi connectivity index (χ4n) is 1.78. The molecule has 2 rings (SSSR count). The Balaban J connectivity index is 2.48. The van der Waals surface area contributed by atoms with Crippen LogP contribution >= 0.6 is 46.4 Å². The summed E-state index contributed by atoms with van der Waals surface area (Å²) < 4.78 is 0. The second-order valence-corrected chi connectivity index (χ2v) is 5.99. The van der Waals surface area contributed by atoms with Gasteiger partial charge in [-0.3, -0.25) is 10.2 Å². The average molecular weight is 392 g/mol. The molecule has 0 fully saturated rings. The third kappa shape index (κ3) is 3.72. The largest absolute Gasteiger partial charge is 0.504 e. The van der Waals surface area contributed by atoms with Crippen molar-refractivity contribution in [3.63, 3.8) is 0 Å². The van der Waals surface area contributed by atoms with Gasteiger partial charge in [-0.15, -0.1) is 0 Å². The number of Topliss-reactive ketones (excluding diaryl/α,β-unsaturated/α-hetero) is 1.